The molecule has 2 heterocycles. The summed E-state index contributed by atoms with van der Waals surface area (Å²) in [5.74, 6) is -1.03. The standard InChI is InChI=1S/C19H18N2O5S/c1-12-15-17(20-11-21(18(15)23)10-14(22)25-2)27-16(12)19(24)26-9-8-13-6-4-3-5-7-13/h3-7,11H,8-10H2,1-2H3. The molecule has 0 aliphatic carbocycles. The quantitative estimate of drug-likeness (QED) is 0.604. The second kappa shape index (κ2) is 8.13. The van der Waals surface area contributed by atoms with Crippen LogP contribution in [0.2, 0.25) is 0 Å². The Hall–Kier alpha value is -3.00. The first-order valence-corrected chi connectivity index (χ1v) is 9.09. The molecule has 0 fully saturated rings. The van der Waals surface area contributed by atoms with Crippen molar-refractivity contribution in [1.82, 2.24) is 9.55 Å². The van der Waals surface area contributed by atoms with E-state index in [1.165, 1.54) is 18.0 Å². The van der Waals surface area contributed by atoms with Crippen molar-refractivity contribution in [2.75, 3.05) is 13.7 Å². The maximum atomic E-state index is 12.6. The normalized spacial score (nSPS) is 10.7. The van der Waals surface area contributed by atoms with Crippen molar-refractivity contribution in [2.45, 2.75) is 19.9 Å². The Bertz CT molecular complexity index is 1040. The van der Waals surface area contributed by atoms with Gasteiger partial charge in [0.25, 0.3) is 5.56 Å². The number of esters is 2. The monoisotopic (exact) mass is 386 g/mol. The van der Waals surface area contributed by atoms with E-state index in [1.54, 1.807) is 6.92 Å². The minimum atomic E-state index is -0.549. The smallest absolute Gasteiger partial charge is 0.348 e. The van der Waals surface area contributed by atoms with Gasteiger partial charge < -0.3 is 9.47 Å². The zero-order chi connectivity index (χ0) is 19.4. The van der Waals surface area contributed by atoms with Crippen molar-refractivity contribution in [3.05, 3.63) is 63.0 Å². The predicted molar refractivity (Wildman–Crippen MR) is 101 cm³/mol. The average molecular weight is 386 g/mol. The fourth-order valence-corrected chi connectivity index (χ4v) is 3.68. The summed E-state index contributed by atoms with van der Waals surface area (Å²) >= 11 is 1.11. The zero-order valence-corrected chi connectivity index (χ0v) is 15.7. The fraction of sp³-hybridized carbons (Fsp3) is 0.263. The average Bonchev–Trinajstić information content (AvgIpc) is 3.02. The summed E-state index contributed by atoms with van der Waals surface area (Å²) in [4.78, 5) is 41.4. The third kappa shape index (κ3) is 4.06. The molecule has 27 heavy (non-hydrogen) atoms. The summed E-state index contributed by atoms with van der Waals surface area (Å²) in [5.41, 5.74) is 1.20. The van der Waals surface area contributed by atoms with E-state index >= 15 is 0 Å². The molecule has 0 saturated carbocycles. The molecule has 0 bridgehead atoms. The van der Waals surface area contributed by atoms with E-state index < -0.39 is 11.9 Å². The van der Waals surface area contributed by atoms with E-state index in [4.69, 9.17) is 4.74 Å². The summed E-state index contributed by atoms with van der Waals surface area (Å²) in [6.45, 7) is 1.69. The van der Waals surface area contributed by atoms with Crippen LogP contribution in [-0.2, 0) is 27.2 Å². The van der Waals surface area contributed by atoms with Crippen LogP contribution in [0.15, 0.2) is 41.5 Å². The number of methoxy groups -OCH3 is 1. The van der Waals surface area contributed by atoms with Gasteiger partial charge in [-0.05, 0) is 18.1 Å². The maximum Gasteiger partial charge on any atom is 0.348 e. The van der Waals surface area contributed by atoms with Gasteiger partial charge in [-0.25, -0.2) is 9.78 Å². The molecule has 3 aromatic rings. The molecule has 0 aliphatic heterocycles. The van der Waals surface area contributed by atoms with Crippen LogP contribution < -0.4 is 5.56 Å². The number of carbonyl (C=O) groups excluding carboxylic acids is 2. The van der Waals surface area contributed by atoms with E-state index in [2.05, 4.69) is 9.72 Å². The number of carbonyl (C=O) groups is 2. The second-order valence-corrected chi connectivity index (χ2v) is 6.86. The van der Waals surface area contributed by atoms with Crippen molar-refractivity contribution in [3.8, 4) is 0 Å². The van der Waals surface area contributed by atoms with Crippen molar-refractivity contribution in [2.24, 2.45) is 0 Å². The van der Waals surface area contributed by atoms with E-state index in [-0.39, 0.29) is 18.7 Å². The molecule has 140 valence electrons. The molecule has 0 saturated heterocycles. The number of ether oxygens (including phenoxy) is 2. The van der Waals surface area contributed by atoms with Crippen molar-refractivity contribution < 1.29 is 19.1 Å². The Kier molecular flexibility index (Phi) is 5.66. The molecular formula is C19H18N2O5S. The van der Waals surface area contributed by atoms with Gasteiger partial charge in [0, 0.05) is 6.42 Å². The van der Waals surface area contributed by atoms with Crippen LogP contribution in [0.1, 0.15) is 20.8 Å². The zero-order valence-electron chi connectivity index (χ0n) is 14.9. The molecule has 1 aromatic carbocycles. The lowest BCUT2D eigenvalue weighted by Crippen LogP contribution is -2.25. The summed E-state index contributed by atoms with van der Waals surface area (Å²) in [6, 6.07) is 9.71. The highest BCUT2D eigenvalue weighted by Gasteiger charge is 2.21. The summed E-state index contributed by atoms with van der Waals surface area (Å²) in [7, 11) is 1.25. The minimum absolute atomic E-state index is 0.232. The van der Waals surface area contributed by atoms with Crippen molar-refractivity contribution in [1.29, 1.82) is 0 Å². The number of aryl methyl sites for hydroxylation is 1. The van der Waals surface area contributed by atoms with Crippen LogP contribution >= 0.6 is 11.3 Å². The van der Waals surface area contributed by atoms with Gasteiger partial charge in [0.15, 0.2) is 0 Å². The van der Waals surface area contributed by atoms with Crippen molar-refractivity contribution in [3.63, 3.8) is 0 Å². The topological polar surface area (TPSA) is 87.5 Å². The van der Waals surface area contributed by atoms with E-state index in [9.17, 15) is 14.4 Å². The molecule has 0 spiro atoms. The molecule has 0 aliphatic rings. The number of benzene rings is 1. The summed E-state index contributed by atoms with van der Waals surface area (Å²) in [5, 5.41) is 0.321. The molecule has 8 heteroatoms. The Morgan fingerprint density at radius 2 is 1.96 bits per heavy atom. The number of nitrogens with zero attached hydrogens (tertiary/aromatic N) is 2. The van der Waals surface area contributed by atoms with Gasteiger partial charge in [0.2, 0.25) is 0 Å². The molecule has 7 nitrogen and oxygen atoms in total. The van der Waals surface area contributed by atoms with Gasteiger partial charge in [0.1, 0.15) is 16.3 Å². The SMILES string of the molecule is COC(=O)Cn1cnc2sc(C(=O)OCCc3ccccc3)c(C)c2c1=O. The van der Waals surface area contributed by atoms with Crippen LogP contribution in [0.4, 0.5) is 0 Å². The van der Waals surface area contributed by atoms with Crippen LogP contribution in [0.3, 0.4) is 0 Å². The Labute approximate surface area is 159 Å². The number of thiophene rings is 1. The lowest BCUT2D eigenvalue weighted by atomic mass is 10.2. The first-order chi connectivity index (χ1) is 13.0. The van der Waals surface area contributed by atoms with E-state index in [0.29, 0.717) is 27.1 Å². The Morgan fingerprint density at radius 3 is 2.67 bits per heavy atom. The largest absolute Gasteiger partial charge is 0.468 e. The fourth-order valence-electron chi connectivity index (χ4n) is 2.64. The molecule has 0 unspecified atom stereocenters. The maximum absolute atomic E-state index is 12.6. The van der Waals surface area contributed by atoms with E-state index in [1.807, 2.05) is 30.3 Å². The van der Waals surface area contributed by atoms with Crippen LogP contribution in [0, 0.1) is 6.92 Å². The molecule has 2 aromatic heterocycles. The Balaban J connectivity index is 1.79. The molecular weight excluding hydrogens is 368 g/mol. The summed E-state index contributed by atoms with van der Waals surface area (Å²) < 4.78 is 11.1. The third-order valence-corrected chi connectivity index (χ3v) is 5.28. The number of rotatable bonds is 6. The minimum Gasteiger partial charge on any atom is -0.468 e. The lowest BCUT2D eigenvalue weighted by Gasteiger charge is -2.04. The van der Waals surface area contributed by atoms with Gasteiger partial charge in [-0.2, -0.15) is 0 Å². The second-order valence-electron chi connectivity index (χ2n) is 5.86. The van der Waals surface area contributed by atoms with Gasteiger partial charge in [-0.1, -0.05) is 30.3 Å². The highest BCUT2D eigenvalue weighted by molar-refractivity contribution is 7.20. The molecule has 0 atom stereocenters. The molecule has 3 rings (SSSR count). The lowest BCUT2D eigenvalue weighted by molar-refractivity contribution is -0.141. The van der Waals surface area contributed by atoms with Gasteiger partial charge in [-0.3, -0.25) is 14.2 Å². The molecule has 0 radical (unpaired) electrons. The highest BCUT2D eigenvalue weighted by Crippen LogP contribution is 2.27. The number of fused-ring (bicyclic) bond motifs is 1. The Morgan fingerprint density at radius 1 is 1.22 bits per heavy atom. The van der Waals surface area contributed by atoms with Crippen LogP contribution in [0.25, 0.3) is 10.2 Å². The van der Waals surface area contributed by atoms with Crippen molar-refractivity contribution >= 4 is 33.5 Å². The van der Waals surface area contributed by atoms with Crippen LogP contribution in [-0.4, -0.2) is 35.2 Å². The molecule has 0 amide bonds. The first-order valence-electron chi connectivity index (χ1n) is 8.27. The van der Waals surface area contributed by atoms with E-state index in [0.717, 1.165) is 16.9 Å². The highest BCUT2D eigenvalue weighted by atomic mass is 32.1. The summed E-state index contributed by atoms with van der Waals surface area (Å²) in [6.07, 6.45) is 1.89. The first kappa shape index (κ1) is 18.8. The third-order valence-electron chi connectivity index (χ3n) is 4.10. The molecule has 0 N–H and O–H groups in total. The number of aromatic nitrogens is 2. The number of hydrogen-bond donors (Lipinski definition) is 0. The van der Waals surface area contributed by atoms with Gasteiger partial charge in [0.05, 0.1) is 25.4 Å². The van der Waals surface area contributed by atoms with Gasteiger partial charge in [-0.15, -0.1) is 11.3 Å². The predicted octanol–water partition coefficient (Wildman–Crippen LogP) is 2.34. The number of hydrogen-bond acceptors (Lipinski definition) is 7. The van der Waals surface area contributed by atoms with Crippen LogP contribution in [0.5, 0.6) is 0 Å². The van der Waals surface area contributed by atoms with Gasteiger partial charge >= 0.3 is 11.9 Å².